The molecule has 2 atom stereocenters. The first-order chi connectivity index (χ1) is 6.45. The number of ether oxygens (including phenoxy) is 1. The molecule has 3 nitrogen and oxygen atoms in total. The van der Waals surface area contributed by atoms with Gasteiger partial charge in [-0.25, -0.2) is 0 Å². The van der Waals surface area contributed by atoms with E-state index < -0.39 is 0 Å². The van der Waals surface area contributed by atoms with Crippen LogP contribution in [0, 0.1) is 11.3 Å². The molecule has 1 saturated carbocycles. The van der Waals surface area contributed by atoms with Crippen LogP contribution in [0.15, 0.2) is 0 Å². The smallest absolute Gasteiger partial charge is 0.305 e. The SMILES string of the molecule is COC(=O)C[C@@H]1CC(N)CCC1(C)C. The molecule has 14 heavy (non-hydrogen) atoms. The van der Waals surface area contributed by atoms with Gasteiger partial charge in [-0.2, -0.15) is 0 Å². The third kappa shape index (κ3) is 2.71. The summed E-state index contributed by atoms with van der Waals surface area (Å²) in [6.07, 6.45) is 3.64. The number of methoxy groups -OCH3 is 1. The number of nitrogens with two attached hydrogens (primary N) is 1. The van der Waals surface area contributed by atoms with Gasteiger partial charge in [-0.3, -0.25) is 4.79 Å². The zero-order valence-corrected chi connectivity index (χ0v) is 9.38. The Balaban J connectivity index is 2.58. The zero-order valence-electron chi connectivity index (χ0n) is 9.38. The van der Waals surface area contributed by atoms with Gasteiger partial charge in [-0.05, 0) is 30.6 Å². The van der Waals surface area contributed by atoms with E-state index in [4.69, 9.17) is 10.5 Å². The first kappa shape index (κ1) is 11.5. The average molecular weight is 199 g/mol. The van der Waals surface area contributed by atoms with Crippen molar-refractivity contribution >= 4 is 5.97 Å². The number of esters is 1. The molecule has 3 heteroatoms. The van der Waals surface area contributed by atoms with E-state index in [1.807, 2.05) is 0 Å². The quantitative estimate of drug-likeness (QED) is 0.689. The number of hydrogen-bond acceptors (Lipinski definition) is 3. The fourth-order valence-corrected chi connectivity index (χ4v) is 2.21. The molecule has 0 aromatic rings. The number of rotatable bonds is 2. The van der Waals surface area contributed by atoms with Crippen LogP contribution >= 0.6 is 0 Å². The molecule has 0 bridgehead atoms. The Morgan fingerprint density at radius 1 is 1.57 bits per heavy atom. The highest BCUT2D eigenvalue weighted by molar-refractivity contribution is 5.69. The van der Waals surface area contributed by atoms with E-state index >= 15 is 0 Å². The van der Waals surface area contributed by atoms with Crippen LogP contribution in [-0.4, -0.2) is 19.1 Å². The van der Waals surface area contributed by atoms with Crippen LogP contribution in [0.1, 0.15) is 39.5 Å². The summed E-state index contributed by atoms with van der Waals surface area (Å²) in [5.74, 6) is 0.260. The Bertz CT molecular complexity index is 213. The molecule has 0 amide bonds. The molecular weight excluding hydrogens is 178 g/mol. The third-order valence-corrected chi connectivity index (χ3v) is 3.49. The molecule has 0 aromatic carbocycles. The standard InChI is InChI=1S/C11H21NO2/c1-11(2)5-4-9(12)6-8(11)7-10(13)14-3/h8-9H,4-7,12H2,1-3H3/t8-,9?/m0/s1. The lowest BCUT2D eigenvalue weighted by atomic mass is 9.66. The van der Waals surface area contributed by atoms with Crippen LogP contribution < -0.4 is 5.73 Å². The first-order valence-electron chi connectivity index (χ1n) is 5.28. The molecule has 0 heterocycles. The van der Waals surface area contributed by atoms with Crippen molar-refractivity contribution in [2.45, 2.75) is 45.6 Å². The second-order valence-corrected chi connectivity index (χ2v) is 5.00. The molecule has 0 spiro atoms. The fraction of sp³-hybridized carbons (Fsp3) is 0.909. The van der Waals surface area contributed by atoms with Crippen LogP contribution in [0.3, 0.4) is 0 Å². The van der Waals surface area contributed by atoms with Crippen molar-refractivity contribution in [3.05, 3.63) is 0 Å². The Hall–Kier alpha value is -0.570. The van der Waals surface area contributed by atoms with E-state index in [1.54, 1.807) is 0 Å². The molecule has 1 aliphatic carbocycles. The van der Waals surface area contributed by atoms with Gasteiger partial charge >= 0.3 is 5.97 Å². The largest absolute Gasteiger partial charge is 0.469 e. The van der Waals surface area contributed by atoms with Gasteiger partial charge in [0, 0.05) is 12.5 Å². The summed E-state index contributed by atoms with van der Waals surface area (Å²) in [6, 6.07) is 0.262. The second-order valence-electron chi connectivity index (χ2n) is 5.00. The fourth-order valence-electron chi connectivity index (χ4n) is 2.21. The highest BCUT2D eigenvalue weighted by atomic mass is 16.5. The molecule has 0 aromatic heterocycles. The Morgan fingerprint density at radius 2 is 2.21 bits per heavy atom. The lowest BCUT2D eigenvalue weighted by Crippen LogP contribution is -2.39. The van der Waals surface area contributed by atoms with Crippen molar-refractivity contribution in [3.8, 4) is 0 Å². The Labute approximate surface area is 86.0 Å². The van der Waals surface area contributed by atoms with Gasteiger partial charge in [0.2, 0.25) is 0 Å². The average Bonchev–Trinajstić information content (AvgIpc) is 2.12. The van der Waals surface area contributed by atoms with Gasteiger partial charge in [-0.1, -0.05) is 13.8 Å². The van der Waals surface area contributed by atoms with Crippen molar-refractivity contribution in [3.63, 3.8) is 0 Å². The predicted molar refractivity (Wildman–Crippen MR) is 55.7 cm³/mol. The minimum Gasteiger partial charge on any atom is -0.469 e. The van der Waals surface area contributed by atoms with Gasteiger partial charge in [-0.15, -0.1) is 0 Å². The van der Waals surface area contributed by atoms with Gasteiger partial charge in [0.1, 0.15) is 0 Å². The zero-order chi connectivity index (χ0) is 10.8. The summed E-state index contributed by atoms with van der Waals surface area (Å²) >= 11 is 0. The predicted octanol–water partition coefficient (Wildman–Crippen LogP) is 1.70. The molecule has 1 rings (SSSR count). The minimum absolute atomic E-state index is 0.114. The molecule has 1 aliphatic rings. The number of carbonyl (C=O) groups excluding carboxylic acids is 1. The topological polar surface area (TPSA) is 52.3 Å². The van der Waals surface area contributed by atoms with Crippen molar-refractivity contribution in [1.82, 2.24) is 0 Å². The van der Waals surface area contributed by atoms with Crippen LogP contribution in [0.25, 0.3) is 0 Å². The summed E-state index contributed by atoms with van der Waals surface area (Å²) in [7, 11) is 1.44. The van der Waals surface area contributed by atoms with Gasteiger partial charge in [0.05, 0.1) is 7.11 Å². The summed E-state index contributed by atoms with van der Waals surface area (Å²) in [4.78, 5) is 11.2. The van der Waals surface area contributed by atoms with Gasteiger partial charge in [0.25, 0.3) is 0 Å². The van der Waals surface area contributed by atoms with Crippen LogP contribution in [-0.2, 0) is 9.53 Å². The molecular formula is C11H21NO2. The molecule has 82 valence electrons. The third-order valence-electron chi connectivity index (χ3n) is 3.49. The lowest BCUT2D eigenvalue weighted by Gasteiger charge is -2.40. The first-order valence-corrected chi connectivity index (χ1v) is 5.28. The summed E-state index contributed by atoms with van der Waals surface area (Å²) in [6.45, 7) is 4.43. The van der Waals surface area contributed by atoms with E-state index in [2.05, 4.69) is 13.8 Å². The molecule has 0 radical (unpaired) electrons. The van der Waals surface area contributed by atoms with Gasteiger partial charge in [0.15, 0.2) is 0 Å². The monoisotopic (exact) mass is 199 g/mol. The maximum atomic E-state index is 11.2. The number of carbonyl (C=O) groups is 1. The Kier molecular flexibility index (Phi) is 3.53. The van der Waals surface area contributed by atoms with E-state index in [0.29, 0.717) is 12.3 Å². The van der Waals surface area contributed by atoms with Crippen molar-refractivity contribution < 1.29 is 9.53 Å². The molecule has 0 saturated heterocycles. The second kappa shape index (κ2) is 4.30. The van der Waals surface area contributed by atoms with E-state index in [0.717, 1.165) is 19.3 Å². The van der Waals surface area contributed by atoms with Gasteiger partial charge < -0.3 is 10.5 Å². The van der Waals surface area contributed by atoms with E-state index in [9.17, 15) is 4.79 Å². The van der Waals surface area contributed by atoms with Crippen molar-refractivity contribution in [1.29, 1.82) is 0 Å². The summed E-state index contributed by atoms with van der Waals surface area (Å²) in [5.41, 5.74) is 6.14. The maximum absolute atomic E-state index is 11.2. The highest BCUT2D eigenvalue weighted by Crippen LogP contribution is 2.41. The number of hydrogen-bond donors (Lipinski definition) is 1. The van der Waals surface area contributed by atoms with Crippen LogP contribution in [0.2, 0.25) is 0 Å². The molecule has 1 unspecified atom stereocenters. The van der Waals surface area contributed by atoms with Crippen LogP contribution in [0.4, 0.5) is 0 Å². The van der Waals surface area contributed by atoms with Crippen molar-refractivity contribution in [2.24, 2.45) is 17.1 Å². The van der Waals surface area contributed by atoms with Crippen LogP contribution in [0.5, 0.6) is 0 Å². The van der Waals surface area contributed by atoms with E-state index in [-0.39, 0.29) is 17.4 Å². The van der Waals surface area contributed by atoms with E-state index in [1.165, 1.54) is 7.11 Å². The minimum atomic E-state index is -0.114. The lowest BCUT2D eigenvalue weighted by molar-refractivity contribution is -0.143. The summed E-state index contributed by atoms with van der Waals surface area (Å²) in [5, 5.41) is 0. The maximum Gasteiger partial charge on any atom is 0.305 e. The van der Waals surface area contributed by atoms with Crippen molar-refractivity contribution in [2.75, 3.05) is 7.11 Å². The summed E-state index contributed by atoms with van der Waals surface area (Å²) < 4.78 is 4.70. The highest BCUT2D eigenvalue weighted by Gasteiger charge is 2.36. The Morgan fingerprint density at radius 3 is 2.79 bits per heavy atom. The normalized spacial score (nSPS) is 31.1. The molecule has 0 aliphatic heterocycles. The molecule has 2 N–H and O–H groups in total. The molecule has 1 fully saturated rings.